The van der Waals surface area contributed by atoms with E-state index in [4.69, 9.17) is 12.2 Å². The van der Waals surface area contributed by atoms with Gasteiger partial charge in [0.1, 0.15) is 0 Å². The van der Waals surface area contributed by atoms with Gasteiger partial charge in [0.05, 0.1) is 21.0 Å². The number of carbonyl (C=O) groups is 1. The highest BCUT2D eigenvalue weighted by Gasteiger charge is 2.32. The molecule has 0 atom stereocenters. The topological polar surface area (TPSA) is 119 Å². The van der Waals surface area contributed by atoms with E-state index in [1.165, 1.54) is 54.8 Å². The number of benzene rings is 2. The lowest BCUT2D eigenvalue weighted by molar-refractivity contribution is -0.385. The van der Waals surface area contributed by atoms with E-state index in [0.717, 1.165) is 16.8 Å². The van der Waals surface area contributed by atoms with Crippen molar-refractivity contribution < 1.29 is 14.6 Å². The maximum absolute atomic E-state index is 12.5. The fraction of sp³-hybridized carbons (Fsp3) is 0. The Morgan fingerprint density at radius 1 is 1.00 bits per heavy atom. The van der Waals surface area contributed by atoms with Gasteiger partial charge in [-0.15, -0.1) is 0 Å². The Hall–Kier alpha value is -3.44. The van der Waals surface area contributed by atoms with E-state index >= 15 is 0 Å². The fourth-order valence-corrected chi connectivity index (χ4v) is 3.42. The quantitative estimate of drug-likeness (QED) is 0.240. The van der Waals surface area contributed by atoms with Crippen LogP contribution in [0.3, 0.4) is 0 Å². The van der Waals surface area contributed by atoms with Gasteiger partial charge in [-0.3, -0.25) is 25.0 Å². The first-order chi connectivity index (χ1) is 13.3. The highest BCUT2D eigenvalue weighted by atomic mass is 32.2. The van der Waals surface area contributed by atoms with Gasteiger partial charge in [0.25, 0.3) is 17.3 Å². The molecule has 0 N–H and O–H groups in total. The maximum atomic E-state index is 12.5. The first-order valence-electron chi connectivity index (χ1n) is 7.66. The molecule has 2 aromatic carbocycles. The molecule has 1 heterocycles. The minimum absolute atomic E-state index is 0.0531. The second-order valence-corrected chi connectivity index (χ2v) is 7.11. The average Bonchev–Trinajstić information content (AvgIpc) is 2.93. The Morgan fingerprint density at radius 3 is 2.32 bits per heavy atom. The molecular formula is C17H10N4O5S2. The predicted octanol–water partition coefficient (Wildman–Crippen LogP) is 3.74. The molecule has 11 heteroatoms. The molecule has 1 fully saturated rings. The number of thioether (sulfide) groups is 1. The van der Waals surface area contributed by atoms with Crippen molar-refractivity contribution in [3.8, 4) is 0 Å². The monoisotopic (exact) mass is 414 g/mol. The SMILES string of the molecule is O=C1/C(=C\c2cccc([N+](=O)[O-])c2)SC(=S)N1/N=C/c1ccc([N+](=O)[O-])cc1. The number of non-ortho nitro benzene ring substituents is 2. The molecule has 1 aliphatic heterocycles. The van der Waals surface area contributed by atoms with E-state index in [-0.39, 0.29) is 20.6 Å². The van der Waals surface area contributed by atoms with Crippen molar-refractivity contribution in [3.05, 3.63) is 84.8 Å². The zero-order valence-electron chi connectivity index (χ0n) is 13.9. The zero-order valence-corrected chi connectivity index (χ0v) is 15.6. The third-order valence-electron chi connectivity index (χ3n) is 3.58. The molecule has 1 saturated heterocycles. The van der Waals surface area contributed by atoms with Crippen LogP contribution in [-0.4, -0.2) is 31.3 Å². The van der Waals surface area contributed by atoms with E-state index in [1.54, 1.807) is 6.07 Å². The van der Waals surface area contributed by atoms with Crippen molar-refractivity contribution in [1.29, 1.82) is 0 Å². The normalized spacial score (nSPS) is 15.6. The van der Waals surface area contributed by atoms with Crippen molar-refractivity contribution in [2.75, 3.05) is 0 Å². The Bertz CT molecular complexity index is 1050. The van der Waals surface area contributed by atoms with Gasteiger partial charge in [-0.25, -0.2) is 0 Å². The average molecular weight is 414 g/mol. The molecule has 0 unspecified atom stereocenters. The third-order valence-corrected chi connectivity index (χ3v) is 4.86. The summed E-state index contributed by atoms with van der Waals surface area (Å²) in [7, 11) is 0. The number of amides is 1. The molecule has 9 nitrogen and oxygen atoms in total. The Balaban J connectivity index is 1.78. The summed E-state index contributed by atoms with van der Waals surface area (Å²) in [5.41, 5.74) is 0.916. The smallest absolute Gasteiger partial charge is 0.266 e. The predicted molar refractivity (Wildman–Crippen MR) is 109 cm³/mol. The van der Waals surface area contributed by atoms with Crippen LogP contribution in [0, 0.1) is 20.2 Å². The maximum Gasteiger partial charge on any atom is 0.286 e. The number of thiocarbonyl (C=S) groups is 1. The van der Waals surface area contributed by atoms with Gasteiger partial charge in [0.2, 0.25) is 0 Å². The van der Waals surface area contributed by atoms with Crippen LogP contribution >= 0.6 is 24.0 Å². The van der Waals surface area contributed by atoms with Crippen LogP contribution in [0.5, 0.6) is 0 Å². The van der Waals surface area contributed by atoms with Gasteiger partial charge in [0, 0.05) is 24.3 Å². The molecule has 1 aliphatic rings. The highest BCUT2D eigenvalue weighted by molar-refractivity contribution is 8.26. The summed E-state index contributed by atoms with van der Waals surface area (Å²) in [5, 5.41) is 26.6. The Kier molecular flexibility index (Phi) is 5.57. The molecule has 1 amide bonds. The van der Waals surface area contributed by atoms with Crippen molar-refractivity contribution in [2.24, 2.45) is 5.10 Å². The highest BCUT2D eigenvalue weighted by Crippen LogP contribution is 2.33. The first kappa shape index (κ1) is 19.3. The standard InChI is InChI=1S/C17H10N4O5S2/c22-16-15(9-12-2-1-3-14(8-12)21(25)26)28-17(27)19(16)18-10-11-4-6-13(7-5-11)20(23)24/h1-10H/b15-9+,18-10+. The van der Waals surface area contributed by atoms with Gasteiger partial charge in [-0.1, -0.05) is 23.9 Å². The molecule has 3 rings (SSSR count). The summed E-state index contributed by atoms with van der Waals surface area (Å²) >= 11 is 6.19. The summed E-state index contributed by atoms with van der Waals surface area (Å²) in [6, 6.07) is 11.5. The largest absolute Gasteiger partial charge is 0.286 e. The minimum atomic E-state index is -0.517. The van der Waals surface area contributed by atoms with Gasteiger partial charge in [-0.05, 0) is 41.6 Å². The van der Waals surface area contributed by atoms with Crippen molar-refractivity contribution >= 4 is 57.9 Å². The number of hydrogen-bond donors (Lipinski definition) is 0. The molecular weight excluding hydrogens is 404 g/mol. The molecule has 0 saturated carbocycles. The summed E-state index contributed by atoms with van der Waals surface area (Å²) in [4.78, 5) is 33.3. The minimum Gasteiger partial charge on any atom is -0.266 e. The van der Waals surface area contributed by atoms with Gasteiger partial charge in [-0.2, -0.15) is 10.1 Å². The van der Waals surface area contributed by atoms with E-state index < -0.39 is 15.8 Å². The van der Waals surface area contributed by atoms with Crippen LogP contribution in [0.4, 0.5) is 11.4 Å². The summed E-state index contributed by atoms with van der Waals surface area (Å²) < 4.78 is 0.208. The lowest BCUT2D eigenvalue weighted by atomic mass is 10.2. The summed E-state index contributed by atoms with van der Waals surface area (Å²) in [5.74, 6) is -0.459. The number of nitrogens with zero attached hydrogens (tertiary/aromatic N) is 4. The number of carbonyl (C=O) groups excluding carboxylic acids is 1. The molecule has 0 radical (unpaired) electrons. The molecule has 140 valence electrons. The molecule has 0 spiro atoms. The first-order valence-corrected chi connectivity index (χ1v) is 8.88. The summed E-state index contributed by atoms with van der Waals surface area (Å²) in [6.07, 6.45) is 2.87. The van der Waals surface area contributed by atoms with Gasteiger partial charge >= 0.3 is 0 Å². The Labute approximate surface area is 167 Å². The summed E-state index contributed by atoms with van der Waals surface area (Å²) in [6.45, 7) is 0. The van der Waals surface area contributed by atoms with Crippen molar-refractivity contribution in [2.45, 2.75) is 0 Å². The number of hydrogen-bond acceptors (Lipinski definition) is 8. The van der Waals surface area contributed by atoms with E-state index in [0.29, 0.717) is 11.1 Å². The molecule has 28 heavy (non-hydrogen) atoms. The third kappa shape index (κ3) is 4.27. The van der Waals surface area contributed by atoms with Crippen LogP contribution in [0.1, 0.15) is 11.1 Å². The zero-order chi connectivity index (χ0) is 20.3. The number of rotatable bonds is 5. The molecule has 0 aromatic heterocycles. The van der Waals surface area contributed by atoms with E-state index in [1.807, 2.05) is 0 Å². The molecule has 0 aliphatic carbocycles. The van der Waals surface area contributed by atoms with Crippen molar-refractivity contribution in [1.82, 2.24) is 5.01 Å². The number of nitro benzene ring substituents is 2. The van der Waals surface area contributed by atoms with Crippen molar-refractivity contribution in [3.63, 3.8) is 0 Å². The van der Waals surface area contributed by atoms with E-state index in [2.05, 4.69) is 5.10 Å². The van der Waals surface area contributed by atoms with Gasteiger partial charge in [0.15, 0.2) is 4.32 Å². The van der Waals surface area contributed by atoms with Crippen LogP contribution in [-0.2, 0) is 4.79 Å². The van der Waals surface area contributed by atoms with Crippen LogP contribution in [0.2, 0.25) is 0 Å². The molecule has 2 aromatic rings. The van der Waals surface area contributed by atoms with Gasteiger partial charge < -0.3 is 0 Å². The second-order valence-electron chi connectivity index (χ2n) is 5.44. The van der Waals surface area contributed by atoms with Crippen LogP contribution in [0.15, 0.2) is 58.5 Å². The van der Waals surface area contributed by atoms with E-state index in [9.17, 15) is 25.0 Å². The lowest BCUT2D eigenvalue weighted by Gasteiger charge is -2.05. The fourth-order valence-electron chi connectivity index (χ4n) is 2.25. The number of nitro groups is 2. The van der Waals surface area contributed by atoms with Crippen LogP contribution in [0.25, 0.3) is 6.08 Å². The second kappa shape index (κ2) is 8.06. The Morgan fingerprint density at radius 2 is 1.68 bits per heavy atom. The number of hydrazone groups is 1. The van der Waals surface area contributed by atoms with Crippen LogP contribution < -0.4 is 0 Å². The lowest BCUT2D eigenvalue weighted by Crippen LogP contribution is -2.22. The molecule has 0 bridgehead atoms.